The van der Waals surface area contributed by atoms with Gasteiger partial charge < -0.3 is 10.0 Å². The number of nitrogens with zero attached hydrogens (tertiary/aromatic N) is 1. The topological polar surface area (TPSA) is 86.7 Å². The van der Waals surface area contributed by atoms with E-state index in [2.05, 4.69) is 4.72 Å². The second-order valence-electron chi connectivity index (χ2n) is 6.17. The Labute approximate surface area is 152 Å². The van der Waals surface area contributed by atoms with E-state index in [1.165, 1.54) is 24.3 Å². The van der Waals surface area contributed by atoms with E-state index < -0.39 is 21.8 Å². The molecule has 1 atom stereocenters. The number of aryl methyl sites for hydroxylation is 1. The minimum Gasteiger partial charge on any atom is -0.478 e. The van der Waals surface area contributed by atoms with Gasteiger partial charge in [0.25, 0.3) is 0 Å². The summed E-state index contributed by atoms with van der Waals surface area (Å²) in [5, 5.41) is 9.07. The Morgan fingerprint density at radius 2 is 1.92 bits per heavy atom. The summed E-state index contributed by atoms with van der Waals surface area (Å²) in [6.07, 6.45) is 0. The Morgan fingerprint density at radius 3 is 2.50 bits per heavy atom. The van der Waals surface area contributed by atoms with Crippen molar-refractivity contribution in [1.29, 1.82) is 0 Å². The molecule has 0 aromatic heterocycles. The molecule has 0 spiro atoms. The van der Waals surface area contributed by atoms with Gasteiger partial charge in [-0.3, -0.25) is 0 Å². The predicted molar refractivity (Wildman–Crippen MR) is 96.2 cm³/mol. The molecular weight excluding hydrogens is 359 g/mol. The lowest BCUT2D eigenvalue weighted by molar-refractivity contribution is 0.0696. The second-order valence-corrected chi connectivity index (χ2v) is 7.91. The highest BCUT2D eigenvalue weighted by Crippen LogP contribution is 2.21. The first-order chi connectivity index (χ1) is 12.1. The van der Waals surface area contributed by atoms with Crippen LogP contribution in [0.25, 0.3) is 0 Å². The van der Waals surface area contributed by atoms with Crippen molar-refractivity contribution < 1.29 is 22.7 Å². The smallest absolute Gasteiger partial charge is 0.335 e. The van der Waals surface area contributed by atoms with Crippen molar-refractivity contribution in [2.24, 2.45) is 0 Å². The third-order valence-electron chi connectivity index (χ3n) is 4.05. The molecule has 2 aromatic carbocycles. The maximum atomic E-state index is 13.5. The van der Waals surface area contributed by atoms with Crippen molar-refractivity contribution >= 4 is 16.0 Å². The number of likely N-dealkylation sites (N-methyl/N-ethyl adjacent to an activating group) is 1. The zero-order chi connectivity index (χ0) is 19.5. The van der Waals surface area contributed by atoms with Crippen molar-refractivity contribution in [3.8, 4) is 0 Å². The predicted octanol–water partition coefficient (Wildman–Crippen LogP) is 2.41. The summed E-state index contributed by atoms with van der Waals surface area (Å²) < 4.78 is 41.3. The number of benzene rings is 2. The molecule has 0 radical (unpaired) electrons. The minimum absolute atomic E-state index is 0.00945. The lowest BCUT2D eigenvalue weighted by atomic mass is 10.1. The average molecular weight is 380 g/mol. The van der Waals surface area contributed by atoms with Gasteiger partial charge in [-0.15, -0.1) is 0 Å². The lowest BCUT2D eigenvalue weighted by Crippen LogP contribution is -2.35. The van der Waals surface area contributed by atoms with Gasteiger partial charge >= 0.3 is 5.97 Å². The first-order valence-corrected chi connectivity index (χ1v) is 9.35. The molecule has 140 valence electrons. The molecule has 0 fully saturated rings. The number of sulfonamides is 1. The number of hydrogen-bond acceptors (Lipinski definition) is 4. The molecule has 2 aromatic rings. The molecule has 26 heavy (non-hydrogen) atoms. The highest BCUT2D eigenvalue weighted by molar-refractivity contribution is 7.89. The molecule has 0 bridgehead atoms. The van der Waals surface area contributed by atoms with E-state index in [1.54, 1.807) is 38.1 Å². The van der Waals surface area contributed by atoms with Crippen LogP contribution in [0.5, 0.6) is 0 Å². The van der Waals surface area contributed by atoms with Crippen molar-refractivity contribution in [1.82, 2.24) is 9.62 Å². The van der Waals surface area contributed by atoms with Crippen LogP contribution in [0, 0.1) is 12.7 Å². The second kappa shape index (κ2) is 7.94. The first-order valence-electron chi connectivity index (χ1n) is 7.87. The lowest BCUT2D eigenvalue weighted by Gasteiger charge is -2.25. The van der Waals surface area contributed by atoms with Gasteiger partial charge in [-0.1, -0.05) is 18.2 Å². The normalized spacial score (nSPS) is 13.0. The monoisotopic (exact) mass is 380 g/mol. The molecular formula is C18H21FN2O4S. The minimum atomic E-state index is -3.93. The summed E-state index contributed by atoms with van der Waals surface area (Å²) in [5.74, 6) is -1.60. The van der Waals surface area contributed by atoms with E-state index in [9.17, 15) is 17.6 Å². The fourth-order valence-electron chi connectivity index (χ4n) is 2.60. The number of nitrogens with one attached hydrogen (secondary N) is 1. The molecule has 0 aliphatic rings. The van der Waals surface area contributed by atoms with E-state index in [0.29, 0.717) is 11.1 Å². The molecule has 0 heterocycles. The van der Waals surface area contributed by atoms with E-state index >= 15 is 0 Å². The Morgan fingerprint density at radius 1 is 1.23 bits per heavy atom. The van der Waals surface area contributed by atoms with Crippen LogP contribution in [-0.2, 0) is 10.0 Å². The van der Waals surface area contributed by atoms with Gasteiger partial charge in [0.05, 0.1) is 10.5 Å². The Bertz CT molecular complexity index is 913. The number of halogens is 1. The fourth-order valence-corrected chi connectivity index (χ4v) is 3.91. The van der Waals surface area contributed by atoms with Crippen LogP contribution in [0.1, 0.15) is 27.5 Å². The quantitative estimate of drug-likeness (QED) is 0.770. The van der Waals surface area contributed by atoms with E-state index in [1.807, 2.05) is 0 Å². The van der Waals surface area contributed by atoms with Crippen LogP contribution in [0.2, 0.25) is 0 Å². The molecule has 0 saturated carbocycles. The van der Waals surface area contributed by atoms with Crippen molar-refractivity contribution in [3.63, 3.8) is 0 Å². The summed E-state index contributed by atoms with van der Waals surface area (Å²) in [6.45, 7) is 1.60. The Kier molecular flexibility index (Phi) is 6.12. The van der Waals surface area contributed by atoms with Gasteiger partial charge in [-0.05, 0) is 56.4 Å². The van der Waals surface area contributed by atoms with Gasteiger partial charge in [-0.25, -0.2) is 22.3 Å². The molecule has 0 aliphatic heterocycles. The van der Waals surface area contributed by atoms with Gasteiger partial charge in [-0.2, -0.15) is 0 Å². The van der Waals surface area contributed by atoms with Gasteiger partial charge in [0, 0.05) is 12.6 Å². The first kappa shape index (κ1) is 20.0. The molecule has 2 N–H and O–H groups in total. The van der Waals surface area contributed by atoms with Crippen LogP contribution in [0.4, 0.5) is 4.39 Å². The standard InChI is InChI=1S/C18H21FN2O4S/c1-12-7-8-14(18(22)23)10-17(12)26(24,25)20-11-16(21(2)3)13-5-4-6-15(19)9-13/h4-10,16,20H,11H2,1-3H3,(H,22,23). The van der Waals surface area contributed by atoms with Crippen molar-refractivity contribution in [2.75, 3.05) is 20.6 Å². The van der Waals surface area contributed by atoms with E-state index in [4.69, 9.17) is 5.11 Å². The zero-order valence-corrected chi connectivity index (χ0v) is 15.5. The van der Waals surface area contributed by atoms with Crippen LogP contribution < -0.4 is 4.72 Å². The van der Waals surface area contributed by atoms with Crippen molar-refractivity contribution in [2.45, 2.75) is 17.9 Å². The number of carbonyl (C=O) groups is 1. The third-order valence-corrected chi connectivity index (χ3v) is 5.61. The van der Waals surface area contributed by atoms with Crippen LogP contribution in [0.15, 0.2) is 47.4 Å². The maximum Gasteiger partial charge on any atom is 0.335 e. The number of carboxylic acid groups (broad SMARTS) is 1. The Hall–Kier alpha value is -2.29. The average Bonchev–Trinajstić information content (AvgIpc) is 2.54. The van der Waals surface area contributed by atoms with Crippen LogP contribution >= 0.6 is 0 Å². The van der Waals surface area contributed by atoms with E-state index in [0.717, 1.165) is 6.07 Å². The molecule has 8 heteroatoms. The Balaban J connectivity index is 2.28. The summed E-state index contributed by atoms with van der Waals surface area (Å²) in [7, 11) is -0.399. The highest BCUT2D eigenvalue weighted by Gasteiger charge is 2.22. The number of hydrogen-bond donors (Lipinski definition) is 2. The molecule has 0 saturated heterocycles. The van der Waals surface area contributed by atoms with Gasteiger partial charge in [0.1, 0.15) is 5.82 Å². The number of rotatable bonds is 7. The summed E-state index contributed by atoms with van der Waals surface area (Å²) >= 11 is 0. The SMILES string of the molecule is Cc1ccc(C(=O)O)cc1S(=O)(=O)NCC(c1cccc(F)c1)N(C)C. The molecule has 0 aliphatic carbocycles. The van der Waals surface area contributed by atoms with Crippen LogP contribution in [0.3, 0.4) is 0 Å². The summed E-state index contributed by atoms with van der Waals surface area (Å²) in [5.41, 5.74) is 0.966. The number of aromatic carboxylic acids is 1. The number of carboxylic acids is 1. The maximum absolute atomic E-state index is 13.5. The fraction of sp³-hybridized carbons (Fsp3) is 0.278. The third kappa shape index (κ3) is 4.66. The van der Waals surface area contributed by atoms with Crippen LogP contribution in [-0.4, -0.2) is 45.0 Å². The summed E-state index contributed by atoms with van der Waals surface area (Å²) in [6, 6.07) is 9.51. The molecule has 2 rings (SSSR count). The highest BCUT2D eigenvalue weighted by atomic mass is 32.2. The van der Waals surface area contributed by atoms with E-state index in [-0.39, 0.29) is 23.0 Å². The zero-order valence-electron chi connectivity index (χ0n) is 14.7. The molecule has 0 amide bonds. The molecule has 1 unspecified atom stereocenters. The van der Waals surface area contributed by atoms with Gasteiger partial charge in [0.15, 0.2) is 0 Å². The largest absolute Gasteiger partial charge is 0.478 e. The van der Waals surface area contributed by atoms with Crippen molar-refractivity contribution in [3.05, 3.63) is 65.0 Å². The van der Waals surface area contributed by atoms with Gasteiger partial charge in [0.2, 0.25) is 10.0 Å². The summed E-state index contributed by atoms with van der Waals surface area (Å²) in [4.78, 5) is 12.8. The molecule has 6 nitrogen and oxygen atoms in total.